The number of aliphatic hydroxyl groups excluding tert-OH is 5. The first-order valence-corrected chi connectivity index (χ1v) is 39.5. The average Bonchev–Trinajstić information content (AvgIpc) is 1.69. The van der Waals surface area contributed by atoms with E-state index in [4.69, 9.17) is 5.11 Å². The third kappa shape index (κ3) is 19.3. The van der Waals surface area contributed by atoms with Crippen molar-refractivity contribution in [1.29, 1.82) is 0 Å². The highest BCUT2D eigenvalue weighted by atomic mass is 32.1. The van der Waals surface area contributed by atoms with Gasteiger partial charge in [-0.3, -0.25) is 86.3 Å². The lowest BCUT2D eigenvalue weighted by Crippen LogP contribution is -2.57. The molecule has 0 saturated carbocycles. The molecule has 0 aromatic heterocycles. The number of aliphatic carboxylic acids is 1. The number of hydrogen-bond acceptors (Lipinski definition) is 25. The summed E-state index contributed by atoms with van der Waals surface area (Å²) >= 11 is 4.19. The fraction of sp³-hybridized carbons (Fsp3) is 0.743. The summed E-state index contributed by atoms with van der Waals surface area (Å²) in [5.74, 6) is -13.2. The largest absolute Gasteiger partial charge is 0.480 e. The molecule has 17 atom stereocenters. The van der Waals surface area contributed by atoms with Gasteiger partial charge in [0.1, 0.15) is 73.0 Å². The highest BCUT2D eigenvalue weighted by Gasteiger charge is 2.52. The summed E-state index contributed by atoms with van der Waals surface area (Å²) in [7, 11) is 0. The first-order chi connectivity index (χ1) is 53.9. The lowest BCUT2D eigenvalue weighted by atomic mass is 10.1. The minimum atomic E-state index is -1.33. The zero-order valence-electron chi connectivity index (χ0n) is 62.5. The van der Waals surface area contributed by atoms with Crippen LogP contribution in [-0.2, 0) is 86.3 Å². The number of thiol groups is 1. The van der Waals surface area contributed by atoms with Gasteiger partial charge < -0.3 is 122 Å². The highest BCUT2D eigenvalue weighted by molar-refractivity contribution is 7.80. The minimum Gasteiger partial charge on any atom is -0.480 e. The zero-order valence-corrected chi connectivity index (χ0v) is 63.4. The van der Waals surface area contributed by atoms with Crippen molar-refractivity contribution in [2.45, 2.75) is 212 Å². The number of nitrogens with zero attached hydrogens (tertiary/aromatic N) is 10. The van der Waals surface area contributed by atoms with Crippen LogP contribution in [0.3, 0.4) is 0 Å². The van der Waals surface area contributed by atoms with Gasteiger partial charge in [0.2, 0.25) is 100 Å². The molecule has 0 aromatic rings. The average molecular weight is 1610 g/mol. The second-order valence-electron chi connectivity index (χ2n) is 30.8. The summed E-state index contributed by atoms with van der Waals surface area (Å²) in [5, 5.41) is 83.1. The number of carboxylic acid groups (broad SMARTS) is 1. The lowest BCUT2D eigenvalue weighted by Gasteiger charge is -2.32. The molecule has 0 spiro atoms. The predicted molar refractivity (Wildman–Crippen MR) is 387 cm³/mol. The van der Waals surface area contributed by atoms with Crippen molar-refractivity contribution >= 4 is 119 Å². The van der Waals surface area contributed by atoms with Crippen LogP contribution in [0.1, 0.15) is 109 Å². The Morgan fingerprint density at radius 1 is 0.319 bits per heavy atom. The first-order valence-electron chi connectivity index (χ1n) is 38.9. The van der Waals surface area contributed by atoms with Crippen LogP contribution in [0.25, 0.3) is 0 Å². The maximum atomic E-state index is 14.4. The number of hydrogen-bond donors (Lipinski definition) is 15. The van der Waals surface area contributed by atoms with Crippen LogP contribution in [0, 0.1) is 0 Å². The molecule has 11 fully saturated rings. The number of aliphatic hydroxyl groups is 5. The van der Waals surface area contributed by atoms with Crippen LogP contribution in [0.15, 0.2) is 0 Å². The van der Waals surface area contributed by atoms with Gasteiger partial charge in [-0.2, -0.15) is 12.6 Å². The van der Waals surface area contributed by atoms with E-state index in [1.54, 1.807) is 0 Å². The Morgan fingerprint density at radius 2 is 0.566 bits per heavy atom. The van der Waals surface area contributed by atoms with Gasteiger partial charge in [-0.05, 0) is 83.6 Å². The number of rotatable bonds is 26. The summed E-state index contributed by atoms with van der Waals surface area (Å²) in [6, 6.07) is -13.4. The number of carbonyl (C=O) groups is 18. The van der Waals surface area contributed by atoms with Crippen LogP contribution < -0.4 is 42.5 Å². The number of likely N-dealkylation sites (tertiary alicyclic amines) is 10. The van der Waals surface area contributed by atoms with E-state index in [0.717, 1.165) is 30.9 Å². The second-order valence-corrected chi connectivity index (χ2v) is 31.2. The fourth-order valence-corrected chi connectivity index (χ4v) is 17.9. The molecule has 11 aliphatic heterocycles. The van der Waals surface area contributed by atoms with E-state index in [9.17, 15) is 112 Å². The van der Waals surface area contributed by atoms with Gasteiger partial charge in [0.15, 0.2) is 0 Å². The molecule has 11 heterocycles. The molecule has 11 saturated heterocycles. The van der Waals surface area contributed by atoms with E-state index in [-0.39, 0.29) is 141 Å². The van der Waals surface area contributed by atoms with Gasteiger partial charge >= 0.3 is 5.97 Å². The van der Waals surface area contributed by atoms with Crippen molar-refractivity contribution < 1.29 is 117 Å². The normalized spacial score (nSPS) is 29.7. The Labute approximate surface area is 654 Å². The third-order valence-electron chi connectivity index (χ3n) is 23.3. The maximum absolute atomic E-state index is 14.4. The van der Waals surface area contributed by atoms with Crippen LogP contribution in [0.4, 0.5) is 0 Å². The second kappa shape index (κ2) is 37.2. The van der Waals surface area contributed by atoms with Crippen LogP contribution in [0.5, 0.6) is 0 Å². The molecule has 43 heteroatoms. The number of carbonyl (C=O) groups excluding carboxylic acids is 17. The maximum Gasteiger partial charge on any atom is 0.322 e. The Bertz CT molecular complexity index is 3720. The van der Waals surface area contributed by atoms with Gasteiger partial charge in [-0.1, -0.05) is 0 Å². The van der Waals surface area contributed by atoms with Crippen LogP contribution >= 0.6 is 12.6 Å². The molecular formula is C70H102N18O24S. The number of nitrogens with one attached hydrogen (secondary N) is 8. The van der Waals surface area contributed by atoms with E-state index in [2.05, 4.69) is 55.2 Å². The van der Waals surface area contributed by atoms with Crippen molar-refractivity contribution in [1.82, 2.24) is 91.5 Å². The van der Waals surface area contributed by atoms with E-state index >= 15 is 0 Å². The van der Waals surface area contributed by atoms with Crippen LogP contribution in [-0.4, -0.2) is 406 Å². The molecule has 42 nitrogen and oxygen atoms in total. The SMILES string of the molecule is O=C(O)CNC(=O)[C@@H]1C[C@@H](O)CN1C(=O)[C@@H]1CCCN1C(=O)CNC(=O)[C@@H]1C[C@@H](O)CN1C(=O)[C@@H]1CCCN1C(=O)CNC(=O)[C@@H]1C[C@@H](O)CN1C(=O)[C@@H]1CCCN1C(=O)CNC(=O)[C@@H]1C[C@@H](O)CN1C(=O)[C@@H]1CCCN1C(=O)CNC(=O)[C@@H]1C[C@@H](O)CN1C(=O)[C@@H]1CCCN1C(=O)CNC(=O)[C@H](CS)NC(=O)[C@@H]1CCCN1. The topological polar surface area (TPSA) is 557 Å². The van der Waals surface area contributed by atoms with Gasteiger partial charge in [-0.15, -0.1) is 0 Å². The van der Waals surface area contributed by atoms with E-state index in [0.29, 0.717) is 45.1 Å². The Kier molecular flexibility index (Phi) is 27.8. The molecule has 11 aliphatic rings. The Morgan fingerprint density at radius 3 is 0.796 bits per heavy atom. The smallest absolute Gasteiger partial charge is 0.322 e. The molecule has 113 heavy (non-hydrogen) atoms. The van der Waals surface area contributed by atoms with Crippen molar-refractivity contribution in [2.75, 3.05) is 117 Å². The van der Waals surface area contributed by atoms with Crippen molar-refractivity contribution in [3.63, 3.8) is 0 Å². The molecule has 14 N–H and O–H groups in total. The molecule has 0 radical (unpaired) electrons. The van der Waals surface area contributed by atoms with Crippen LogP contribution in [0.2, 0.25) is 0 Å². The molecule has 0 aromatic carbocycles. The Hall–Kier alpha value is -9.43. The van der Waals surface area contributed by atoms with Gasteiger partial charge in [0, 0.05) is 103 Å². The molecule has 0 unspecified atom stereocenters. The van der Waals surface area contributed by atoms with Gasteiger partial charge in [0.25, 0.3) is 0 Å². The van der Waals surface area contributed by atoms with Gasteiger partial charge in [0.05, 0.1) is 69.3 Å². The quantitative estimate of drug-likeness (QED) is 0.0358. The Balaban J connectivity index is 0.619. The monoisotopic (exact) mass is 1610 g/mol. The van der Waals surface area contributed by atoms with Crippen molar-refractivity contribution in [3.8, 4) is 0 Å². The first kappa shape index (κ1) is 84.5. The summed E-state index contributed by atoms with van der Waals surface area (Å²) in [6.07, 6.45) is -2.84. The van der Waals surface area contributed by atoms with Gasteiger partial charge in [-0.25, -0.2) is 0 Å². The van der Waals surface area contributed by atoms with Crippen molar-refractivity contribution in [2.24, 2.45) is 0 Å². The highest BCUT2D eigenvalue weighted by Crippen LogP contribution is 2.32. The molecule has 17 amide bonds. The number of carboxylic acids is 1. The van der Waals surface area contributed by atoms with E-state index in [1.807, 2.05) is 0 Å². The van der Waals surface area contributed by atoms with E-state index < -0.39 is 243 Å². The summed E-state index contributed by atoms with van der Waals surface area (Å²) in [6.45, 7) is -4.16. The summed E-state index contributed by atoms with van der Waals surface area (Å²) < 4.78 is 0. The van der Waals surface area contributed by atoms with E-state index in [1.165, 1.54) is 24.5 Å². The fourth-order valence-electron chi connectivity index (χ4n) is 17.7. The zero-order chi connectivity index (χ0) is 81.4. The predicted octanol–water partition coefficient (Wildman–Crippen LogP) is -11.3. The third-order valence-corrected chi connectivity index (χ3v) is 23.7. The summed E-state index contributed by atoms with van der Waals surface area (Å²) in [5.41, 5.74) is 0. The molecular weight excluding hydrogens is 1510 g/mol. The lowest BCUT2D eigenvalue weighted by molar-refractivity contribution is -0.148. The molecule has 0 aliphatic carbocycles. The number of amides is 17. The van der Waals surface area contributed by atoms with Crippen molar-refractivity contribution in [3.05, 3.63) is 0 Å². The molecule has 11 rings (SSSR count). The molecule has 622 valence electrons. The minimum absolute atomic E-state index is 0.0493. The molecule has 0 bridgehead atoms. The number of β-amino-alcohol motifs (C(OH)–C–C–N with tert-alkyl or cyclic N) is 5. The summed E-state index contributed by atoms with van der Waals surface area (Å²) in [4.78, 5) is 257. The standard InChI is InChI=1S/C70H102N18O24S/c89-36-19-48(84(30-36)66(108)43-8-2-14-79(43)53(94)24-72-59(101)42(35-113)78-60(102)41-7-1-13-71-41)61(103)73-25-54(95)80-15-3-9-44(80)67(109)85-31-37(90)20-49(85)62(104)74-26-55(96)81-16-4-10-45(81)68(110)86-32-38(91)21-50(86)63(105)75-27-56(97)82-17-5-11-46(82)69(111)87-33-39(92)22-51(87)64(106)76-28-57(98)83-18-6-12-47(83)70(112)88-34-40(93)23-52(88)65(107)77-29-58(99)100/h36-52,71,89-93,113H,1-35H2,(H,72,101)(H,73,103)(H,74,104)(H,75,105)(H,76,106)(H,77,107)(H,78,102)(H,99,100)/t36-,37-,38-,39-,40-,41+,42+,43+,44+,45+,46+,47+,48+,49+,50+,51+,52+/m1/s1.